The highest BCUT2D eigenvalue weighted by Gasteiger charge is 2.23. The molecule has 25 heavy (non-hydrogen) atoms. The van der Waals surface area contributed by atoms with Crippen molar-refractivity contribution < 1.29 is 13.2 Å². The van der Waals surface area contributed by atoms with Crippen LogP contribution in [0.3, 0.4) is 0 Å². The maximum absolute atomic E-state index is 12.4. The molecule has 0 atom stereocenters. The lowest BCUT2D eigenvalue weighted by Crippen LogP contribution is -2.37. The summed E-state index contributed by atoms with van der Waals surface area (Å²) in [6.45, 7) is 1.55. The summed E-state index contributed by atoms with van der Waals surface area (Å²) < 4.78 is 25.5. The second kappa shape index (κ2) is 7.13. The highest BCUT2D eigenvalue weighted by Crippen LogP contribution is 2.29. The van der Waals surface area contributed by atoms with E-state index in [1.807, 2.05) is 19.1 Å². The van der Waals surface area contributed by atoms with Crippen LogP contribution in [0.4, 0.5) is 10.8 Å². The van der Waals surface area contributed by atoms with Gasteiger partial charge < -0.3 is 5.32 Å². The molecule has 1 heterocycles. The van der Waals surface area contributed by atoms with Crippen LogP contribution in [-0.2, 0) is 27.7 Å². The van der Waals surface area contributed by atoms with Gasteiger partial charge in [-0.15, -0.1) is 11.3 Å². The zero-order valence-corrected chi connectivity index (χ0v) is 15.9. The number of fused-ring (bicyclic) bond motifs is 1. The zero-order chi connectivity index (χ0) is 18.0. The Hall–Kier alpha value is -1.93. The number of amides is 1. The summed E-state index contributed by atoms with van der Waals surface area (Å²) in [5, 5.41) is 3.30. The van der Waals surface area contributed by atoms with Crippen molar-refractivity contribution in [3.8, 4) is 0 Å². The Morgan fingerprint density at radius 3 is 2.68 bits per heavy atom. The summed E-state index contributed by atoms with van der Waals surface area (Å²) in [4.78, 5) is 18.1. The van der Waals surface area contributed by atoms with Gasteiger partial charge in [0.05, 0.1) is 17.6 Å². The topological polar surface area (TPSA) is 79.4 Å². The number of nitrogens with zero attached hydrogens (tertiary/aromatic N) is 2. The Morgan fingerprint density at radius 1 is 1.28 bits per heavy atom. The highest BCUT2D eigenvalue weighted by molar-refractivity contribution is 7.92. The van der Waals surface area contributed by atoms with E-state index in [1.54, 1.807) is 12.1 Å². The molecule has 0 saturated heterocycles. The molecular formula is C17H21N3O3S2. The number of thiazole rings is 1. The molecule has 6 nitrogen and oxygen atoms in total. The number of anilines is 2. The molecule has 1 amide bonds. The summed E-state index contributed by atoms with van der Waals surface area (Å²) in [5.41, 5.74) is 2.37. The van der Waals surface area contributed by atoms with E-state index in [4.69, 9.17) is 0 Å². The lowest BCUT2D eigenvalue weighted by atomic mass is 10.0. The largest absolute Gasteiger partial charge is 0.300 e. The first-order chi connectivity index (χ1) is 11.8. The van der Waals surface area contributed by atoms with Crippen molar-refractivity contribution in [2.75, 3.05) is 22.4 Å². The molecule has 1 aromatic carbocycles. The van der Waals surface area contributed by atoms with Crippen molar-refractivity contribution in [3.63, 3.8) is 0 Å². The van der Waals surface area contributed by atoms with E-state index in [2.05, 4.69) is 10.3 Å². The third kappa shape index (κ3) is 4.19. The lowest BCUT2D eigenvalue weighted by molar-refractivity contribution is -0.114. The minimum atomic E-state index is -3.57. The Morgan fingerprint density at radius 2 is 2.00 bits per heavy atom. The quantitative estimate of drug-likeness (QED) is 0.866. The van der Waals surface area contributed by atoms with Crippen LogP contribution in [0.15, 0.2) is 24.3 Å². The van der Waals surface area contributed by atoms with Gasteiger partial charge in [0.2, 0.25) is 15.9 Å². The molecule has 0 bridgehead atoms. The number of carbonyl (C=O) groups is 1. The van der Waals surface area contributed by atoms with Gasteiger partial charge in [-0.1, -0.05) is 18.2 Å². The first-order valence-corrected chi connectivity index (χ1v) is 10.8. The fourth-order valence-electron chi connectivity index (χ4n) is 2.92. The molecule has 1 aromatic heterocycles. The minimum Gasteiger partial charge on any atom is -0.300 e. The number of aryl methyl sites for hydroxylation is 3. The van der Waals surface area contributed by atoms with Crippen molar-refractivity contribution in [1.29, 1.82) is 0 Å². The lowest BCUT2D eigenvalue weighted by Gasteiger charge is -2.23. The molecule has 0 spiro atoms. The highest BCUT2D eigenvalue weighted by atomic mass is 32.2. The van der Waals surface area contributed by atoms with Gasteiger partial charge in [-0.2, -0.15) is 0 Å². The minimum absolute atomic E-state index is 0.270. The van der Waals surface area contributed by atoms with E-state index < -0.39 is 10.0 Å². The molecule has 0 fully saturated rings. The van der Waals surface area contributed by atoms with E-state index in [0.717, 1.165) is 47.5 Å². The maximum atomic E-state index is 12.4. The molecule has 134 valence electrons. The Kier molecular flexibility index (Phi) is 5.10. The van der Waals surface area contributed by atoms with Crippen LogP contribution in [-0.4, -0.2) is 32.1 Å². The van der Waals surface area contributed by atoms with Crippen LogP contribution >= 0.6 is 11.3 Å². The molecule has 0 saturated carbocycles. The van der Waals surface area contributed by atoms with E-state index >= 15 is 0 Å². The first kappa shape index (κ1) is 17.9. The number of sulfonamides is 1. The monoisotopic (exact) mass is 379 g/mol. The van der Waals surface area contributed by atoms with E-state index in [0.29, 0.717) is 10.8 Å². The number of benzene rings is 1. The van der Waals surface area contributed by atoms with Gasteiger partial charge in [0.15, 0.2) is 5.13 Å². The fourth-order valence-corrected chi connectivity index (χ4v) is 4.90. The van der Waals surface area contributed by atoms with E-state index in [1.165, 1.54) is 16.2 Å². The van der Waals surface area contributed by atoms with Crippen LogP contribution in [0.5, 0.6) is 0 Å². The van der Waals surface area contributed by atoms with E-state index in [9.17, 15) is 13.2 Å². The van der Waals surface area contributed by atoms with Crippen LogP contribution in [0.1, 0.15) is 29.0 Å². The van der Waals surface area contributed by atoms with Gasteiger partial charge in [-0.25, -0.2) is 13.4 Å². The number of hydrogen-bond donors (Lipinski definition) is 1. The number of carbonyl (C=O) groups excluding carboxylic acids is 1. The smallest absolute Gasteiger partial charge is 0.246 e. The number of para-hydroxylation sites is 1. The molecule has 1 aliphatic carbocycles. The van der Waals surface area contributed by atoms with Crippen LogP contribution in [0, 0.1) is 6.92 Å². The van der Waals surface area contributed by atoms with Crippen molar-refractivity contribution in [1.82, 2.24) is 4.98 Å². The maximum Gasteiger partial charge on any atom is 0.246 e. The van der Waals surface area contributed by atoms with Gasteiger partial charge in [-0.3, -0.25) is 9.10 Å². The van der Waals surface area contributed by atoms with Gasteiger partial charge in [0, 0.05) is 4.88 Å². The first-order valence-electron chi connectivity index (χ1n) is 8.16. The SMILES string of the molecule is Cc1ccccc1N(CC(=O)Nc1nc2c(s1)CCCC2)S(C)(=O)=O. The molecule has 1 aliphatic rings. The normalized spacial score (nSPS) is 14.0. The number of aromatic nitrogens is 1. The predicted molar refractivity (Wildman–Crippen MR) is 101 cm³/mol. The fraction of sp³-hybridized carbons (Fsp3) is 0.412. The Bertz CT molecular complexity index is 867. The van der Waals surface area contributed by atoms with Crippen molar-refractivity contribution in [2.24, 2.45) is 0 Å². The molecular weight excluding hydrogens is 358 g/mol. The third-order valence-corrected chi connectivity index (χ3v) is 6.36. The summed E-state index contributed by atoms with van der Waals surface area (Å²) >= 11 is 1.49. The molecule has 0 radical (unpaired) electrons. The predicted octanol–water partition coefficient (Wildman–Crippen LogP) is 2.74. The van der Waals surface area contributed by atoms with Crippen molar-refractivity contribution >= 4 is 38.1 Å². The standard InChI is InChI=1S/C17H21N3O3S2/c1-12-7-3-5-9-14(12)20(25(2,22)23)11-16(21)19-17-18-13-8-4-6-10-15(13)24-17/h3,5,7,9H,4,6,8,10-11H2,1-2H3,(H,18,19,21). The molecule has 0 unspecified atom stereocenters. The average Bonchev–Trinajstić information content (AvgIpc) is 2.94. The average molecular weight is 380 g/mol. The molecule has 1 N–H and O–H groups in total. The summed E-state index contributed by atoms with van der Waals surface area (Å²) in [6.07, 6.45) is 5.33. The number of rotatable bonds is 5. The van der Waals surface area contributed by atoms with Gasteiger partial charge in [-0.05, 0) is 44.2 Å². The van der Waals surface area contributed by atoms with E-state index in [-0.39, 0.29) is 12.5 Å². The Balaban J connectivity index is 1.77. The van der Waals surface area contributed by atoms with Crippen LogP contribution in [0.2, 0.25) is 0 Å². The summed E-state index contributed by atoms with van der Waals surface area (Å²) in [5.74, 6) is -0.389. The zero-order valence-electron chi connectivity index (χ0n) is 14.3. The molecule has 3 rings (SSSR count). The van der Waals surface area contributed by atoms with Crippen molar-refractivity contribution in [2.45, 2.75) is 32.6 Å². The van der Waals surface area contributed by atoms with Crippen molar-refractivity contribution in [3.05, 3.63) is 40.4 Å². The molecule has 0 aliphatic heterocycles. The number of hydrogen-bond acceptors (Lipinski definition) is 5. The van der Waals surface area contributed by atoms with Gasteiger partial charge >= 0.3 is 0 Å². The molecule has 8 heteroatoms. The second-order valence-corrected chi connectivity index (χ2v) is 9.19. The Labute approximate surface area is 151 Å². The van der Waals surface area contributed by atoms with Gasteiger partial charge in [0.25, 0.3) is 0 Å². The van der Waals surface area contributed by atoms with Crippen LogP contribution < -0.4 is 9.62 Å². The number of nitrogens with one attached hydrogen (secondary N) is 1. The summed E-state index contributed by atoms with van der Waals surface area (Å²) in [7, 11) is -3.57. The second-order valence-electron chi connectivity index (χ2n) is 6.20. The molecule has 2 aromatic rings. The third-order valence-electron chi connectivity index (χ3n) is 4.16. The van der Waals surface area contributed by atoms with Gasteiger partial charge in [0.1, 0.15) is 6.54 Å². The van der Waals surface area contributed by atoms with Crippen LogP contribution in [0.25, 0.3) is 0 Å². The summed E-state index contributed by atoms with van der Waals surface area (Å²) in [6, 6.07) is 7.11.